The molecule has 0 spiro atoms. The van der Waals surface area contributed by atoms with Gasteiger partial charge in [-0.05, 0) is 12.1 Å². The van der Waals surface area contributed by atoms with Crippen LogP contribution >= 0.6 is 10.7 Å². The molecule has 0 amide bonds. The highest BCUT2D eigenvalue weighted by Gasteiger charge is 2.21. The number of fused-ring (bicyclic) bond motifs is 1. The molecule has 2 aromatic rings. The van der Waals surface area contributed by atoms with Crippen molar-refractivity contribution in [3.63, 3.8) is 0 Å². The molecule has 0 radical (unpaired) electrons. The van der Waals surface area contributed by atoms with Crippen LogP contribution in [0.5, 0.6) is 0 Å². The average molecular weight is 322 g/mol. The van der Waals surface area contributed by atoms with Gasteiger partial charge in [0, 0.05) is 21.5 Å². The van der Waals surface area contributed by atoms with E-state index in [4.69, 9.17) is 16.4 Å². The molecular formula is C10H8ClNO5S2. The molecule has 19 heavy (non-hydrogen) atoms. The molecule has 0 fully saturated rings. The first-order valence-electron chi connectivity index (χ1n) is 4.86. The maximum atomic E-state index is 11.4. The van der Waals surface area contributed by atoms with E-state index in [0.717, 1.165) is 0 Å². The highest BCUT2D eigenvalue weighted by molar-refractivity contribution is 8.14. The summed E-state index contributed by atoms with van der Waals surface area (Å²) in [5.74, 6) is 0. The molecule has 102 valence electrons. The van der Waals surface area contributed by atoms with Crippen molar-refractivity contribution in [2.24, 2.45) is 0 Å². The lowest BCUT2D eigenvalue weighted by atomic mass is 10.1. The van der Waals surface area contributed by atoms with E-state index in [1.54, 1.807) is 0 Å². The van der Waals surface area contributed by atoms with Gasteiger partial charge in [0.15, 0.2) is 0 Å². The van der Waals surface area contributed by atoms with E-state index in [1.807, 2.05) is 0 Å². The van der Waals surface area contributed by atoms with Crippen LogP contribution < -0.4 is 5.73 Å². The van der Waals surface area contributed by atoms with Gasteiger partial charge in [0.05, 0.1) is 10.6 Å². The topological polar surface area (TPSA) is 115 Å². The summed E-state index contributed by atoms with van der Waals surface area (Å²) in [4.78, 5) is -0.788. The normalized spacial score (nSPS) is 12.7. The summed E-state index contributed by atoms with van der Waals surface area (Å²) < 4.78 is 54.6. The van der Waals surface area contributed by atoms with Crippen molar-refractivity contribution in [3.05, 3.63) is 30.3 Å². The second-order valence-corrected chi connectivity index (χ2v) is 7.64. The number of hydrogen-bond acceptors (Lipinski definition) is 5. The van der Waals surface area contributed by atoms with E-state index in [1.165, 1.54) is 30.3 Å². The van der Waals surface area contributed by atoms with Crippen LogP contribution in [-0.2, 0) is 19.2 Å². The van der Waals surface area contributed by atoms with Gasteiger partial charge in [-0.1, -0.05) is 18.2 Å². The summed E-state index contributed by atoms with van der Waals surface area (Å²) >= 11 is 0. The molecule has 2 aromatic carbocycles. The predicted octanol–water partition coefficient (Wildman–Crippen LogP) is 1.60. The van der Waals surface area contributed by atoms with Crippen LogP contribution in [0, 0.1) is 0 Å². The van der Waals surface area contributed by atoms with Crippen molar-refractivity contribution in [1.82, 2.24) is 0 Å². The van der Waals surface area contributed by atoms with E-state index in [-0.39, 0.29) is 21.4 Å². The molecule has 0 aliphatic rings. The predicted molar refractivity (Wildman–Crippen MR) is 71.2 cm³/mol. The Kier molecular flexibility index (Phi) is 3.21. The van der Waals surface area contributed by atoms with Gasteiger partial charge in [-0.3, -0.25) is 4.55 Å². The van der Waals surface area contributed by atoms with E-state index in [9.17, 15) is 21.4 Å². The summed E-state index contributed by atoms with van der Waals surface area (Å²) in [6.45, 7) is 0. The highest BCUT2D eigenvalue weighted by atomic mass is 35.7. The van der Waals surface area contributed by atoms with Gasteiger partial charge in [-0.25, -0.2) is 8.42 Å². The highest BCUT2D eigenvalue weighted by Crippen LogP contribution is 2.33. The van der Waals surface area contributed by atoms with Gasteiger partial charge >= 0.3 is 0 Å². The first-order valence-corrected chi connectivity index (χ1v) is 8.60. The van der Waals surface area contributed by atoms with Crippen molar-refractivity contribution >= 4 is 46.3 Å². The van der Waals surface area contributed by atoms with Crippen LogP contribution in [0.2, 0.25) is 0 Å². The molecule has 0 saturated heterocycles. The largest absolute Gasteiger partial charge is 0.398 e. The van der Waals surface area contributed by atoms with Crippen LogP contribution in [0.4, 0.5) is 5.69 Å². The van der Waals surface area contributed by atoms with Crippen molar-refractivity contribution in [1.29, 1.82) is 0 Å². The molecule has 0 unspecified atom stereocenters. The summed E-state index contributed by atoms with van der Waals surface area (Å²) in [5, 5.41) is 0.0588. The lowest BCUT2D eigenvalue weighted by molar-refractivity contribution is 0.484. The minimum atomic E-state index is -4.59. The van der Waals surface area contributed by atoms with Gasteiger partial charge in [0.25, 0.3) is 19.2 Å². The number of nitrogens with two attached hydrogens (primary N) is 1. The van der Waals surface area contributed by atoms with Gasteiger partial charge in [0.2, 0.25) is 0 Å². The molecule has 2 rings (SSSR count). The third kappa shape index (κ3) is 2.52. The van der Waals surface area contributed by atoms with E-state index >= 15 is 0 Å². The molecule has 0 aliphatic heterocycles. The number of halogens is 1. The zero-order chi connectivity index (χ0) is 14.4. The number of nitrogen functional groups attached to an aromatic ring is 1. The third-order valence-corrected chi connectivity index (χ3v) is 4.87. The quantitative estimate of drug-likeness (QED) is 0.493. The Hall–Kier alpha value is -1.35. The summed E-state index contributed by atoms with van der Waals surface area (Å²) in [5.41, 5.74) is 5.33. The maximum absolute atomic E-state index is 11.4. The Balaban J connectivity index is 3.07. The minimum Gasteiger partial charge on any atom is -0.398 e. The fourth-order valence-electron chi connectivity index (χ4n) is 1.82. The molecule has 0 bridgehead atoms. The molecule has 0 saturated carbocycles. The Morgan fingerprint density at radius 2 is 1.63 bits per heavy atom. The first kappa shape index (κ1) is 14.1. The molecule has 6 nitrogen and oxygen atoms in total. The Morgan fingerprint density at radius 3 is 2.16 bits per heavy atom. The van der Waals surface area contributed by atoms with Crippen LogP contribution in [-0.4, -0.2) is 21.4 Å². The number of hydrogen-bond donors (Lipinski definition) is 2. The van der Waals surface area contributed by atoms with Crippen LogP contribution in [0.15, 0.2) is 40.1 Å². The molecule has 0 heterocycles. The number of anilines is 1. The number of rotatable bonds is 2. The third-order valence-electron chi connectivity index (χ3n) is 2.52. The van der Waals surface area contributed by atoms with Gasteiger partial charge in [-0.2, -0.15) is 8.42 Å². The van der Waals surface area contributed by atoms with Crippen molar-refractivity contribution in [3.8, 4) is 0 Å². The number of benzene rings is 2. The molecule has 9 heteroatoms. The first-order chi connectivity index (χ1) is 8.62. The lowest BCUT2D eigenvalue weighted by Gasteiger charge is -2.09. The fourth-order valence-corrected chi connectivity index (χ4v) is 3.73. The average Bonchev–Trinajstić information content (AvgIpc) is 2.24. The lowest BCUT2D eigenvalue weighted by Crippen LogP contribution is -2.05. The van der Waals surface area contributed by atoms with Gasteiger partial charge in [0.1, 0.15) is 4.90 Å². The van der Waals surface area contributed by atoms with Crippen LogP contribution in [0.25, 0.3) is 10.8 Å². The summed E-state index contributed by atoms with van der Waals surface area (Å²) in [6, 6.07) is 6.40. The van der Waals surface area contributed by atoms with E-state index in [0.29, 0.717) is 0 Å². The molecule has 0 aromatic heterocycles. The summed E-state index contributed by atoms with van der Waals surface area (Å²) in [7, 11) is -3.36. The molecule has 0 atom stereocenters. The van der Waals surface area contributed by atoms with E-state index < -0.39 is 24.1 Å². The summed E-state index contributed by atoms with van der Waals surface area (Å²) in [6.07, 6.45) is 0. The molecular weight excluding hydrogens is 314 g/mol. The second kappa shape index (κ2) is 4.34. The van der Waals surface area contributed by atoms with Crippen molar-refractivity contribution < 1.29 is 21.4 Å². The maximum Gasteiger partial charge on any atom is 0.297 e. The van der Waals surface area contributed by atoms with Crippen LogP contribution in [0.1, 0.15) is 0 Å². The van der Waals surface area contributed by atoms with Gasteiger partial charge in [-0.15, -0.1) is 0 Å². The fraction of sp³-hybridized carbons (Fsp3) is 0. The smallest absolute Gasteiger partial charge is 0.297 e. The van der Waals surface area contributed by atoms with Gasteiger partial charge < -0.3 is 5.73 Å². The zero-order valence-electron chi connectivity index (χ0n) is 9.24. The molecule has 3 N–H and O–H groups in total. The Labute approximate surface area is 114 Å². The van der Waals surface area contributed by atoms with E-state index in [2.05, 4.69) is 0 Å². The Bertz CT molecular complexity index is 874. The Morgan fingerprint density at radius 1 is 1.00 bits per heavy atom. The molecule has 0 aliphatic carbocycles. The standard InChI is InChI=1S/C10H8ClNO5S2/c11-18(13,14)9-3-1-2-7-6(9)4-5-8(12)10(7)19(15,16)17/h1-5H,12H2,(H,15,16,17). The zero-order valence-corrected chi connectivity index (χ0v) is 11.6. The second-order valence-electron chi connectivity index (χ2n) is 3.75. The van der Waals surface area contributed by atoms with Crippen molar-refractivity contribution in [2.45, 2.75) is 9.79 Å². The van der Waals surface area contributed by atoms with Crippen LogP contribution in [0.3, 0.4) is 0 Å². The van der Waals surface area contributed by atoms with Crippen molar-refractivity contribution in [2.75, 3.05) is 5.73 Å². The minimum absolute atomic E-state index is 0.00998. The monoisotopic (exact) mass is 321 g/mol. The SMILES string of the molecule is Nc1ccc2c(S(=O)(=O)Cl)cccc2c1S(=O)(=O)O.